The number of H-pyrrole nitrogens is 1. The molecular weight excluding hydrogens is 456 g/mol. The Morgan fingerprint density at radius 2 is 1.70 bits per heavy atom. The van der Waals surface area contributed by atoms with Crippen molar-refractivity contribution in [2.75, 3.05) is 5.73 Å². The number of hydrogen-bond donors (Lipinski definition) is 2. The van der Waals surface area contributed by atoms with Gasteiger partial charge in [0.2, 0.25) is 0 Å². The number of nitrogen functional groups attached to an aromatic ring is 1. The third-order valence-electron chi connectivity index (χ3n) is 7.36. The number of rotatable bonds is 3. The number of nitriles is 1. The zero-order valence-corrected chi connectivity index (χ0v) is 21.4. The van der Waals surface area contributed by atoms with Gasteiger partial charge in [0.25, 0.3) is 0 Å². The molecule has 2 aromatic carbocycles. The van der Waals surface area contributed by atoms with Crippen LogP contribution in [0.2, 0.25) is 0 Å². The van der Waals surface area contributed by atoms with E-state index in [1.165, 1.54) is 43.1 Å². The molecule has 37 heavy (non-hydrogen) atoms. The smallest absolute Gasteiger partial charge is 0.101 e. The van der Waals surface area contributed by atoms with Gasteiger partial charge in [-0.05, 0) is 68.0 Å². The van der Waals surface area contributed by atoms with Gasteiger partial charge in [0.15, 0.2) is 0 Å². The van der Waals surface area contributed by atoms with E-state index >= 15 is 0 Å². The predicted octanol–water partition coefficient (Wildman–Crippen LogP) is 7.29. The second-order valence-electron chi connectivity index (χ2n) is 10.3. The number of hydrogen-bond acceptors (Lipinski definition) is 5. The molecule has 6 rings (SSSR count). The van der Waals surface area contributed by atoms with Crippen molar-refractivity contribution in [3.05, 3.63) is 84.3 Å². The Morgan fingerprint density at radius 1 is 0.973 bits per heavy atom. The first kappa shape index (κ1) is 24.5. The zero-order valence-electron chi connectivity index (χ0n) is 21.4. The molecule has 3 N–H and O–H groups in total. The Balaban J connectivity index is 0.000000348. The lowest BCUT2D eigenvalue weighted by atomic mass is 9.83. The van der Waals surface area contributed by atoms with Gasteiger partial charge in [-0.25, -0.2) is 0 Å². The molecule has 0 amide bonds. The van der Waals surface area contributed by atoms with Crippen LogP contribution in [0.4, 0.5) is 5.69 Å². The number of nitrogens with one attached hydrogen (secondary N) is 1. The molecule has 3 heterocycles. The Kier molecular flexibility index (Phi) is 6.87. The molecule has 0 bridgehead atoms. The maximum Gasteiger partial charge on any atom is 0.101 e. The zero-order chi connectivity index (χ0) is 25.8. The summed E-state index contributed by atoms with van der Waals surface area (Å²) in [5.74, 6) is 0.654. The summed E-state index contributed by atoms with van der Waals surface area (Å²) in [6.45, 7) is 3.88. The van der Waals surface area contributed by atoms with Gasteiger partial charge < -0.3 is 5.73 Å². The van der Waals surface area contributed by atoms with E-state index in [0.29, 0.717) is 5.92 Å². The summed E-state index contributed by atoms with van der Waals surface area (Å²) >= 11 is 0. The van der Waals surface area contributed by atoms with Crippen molar-refractivity contribution in [2.24, 2.45) is 0 Å². The highest BCUT2D eigenvalue weighted by molar-refractivity contribution is 6.11. The summed E-state index contributed by atoms with van der Waals surface area (Å²) < 4.78 is 0. The van der Waals surface area contributed by atoms with E-state index in [1.54, 1.807) is 24.5 Å². The molecule has 1 fully saturated rings. The first-order chi connectivity index (χ1) is 18.0. The molecule has 1 aliphatic carbocycles. The molecule has 6 heteroatoms. The summed E-state index contributed by atoms with van der Waals surface area (Å²) in [7, 11) is 0. The van der Waals surface area contributed by atoms with E-state index in [1.807, 2.05) is 32.2 Å². The molecule has 0 unspecified atom stereocenters. The fourth-order valence-corrected chi connectivity index (χ4v) is 5.09. The fraction of sp³-hybridized carbons (Fsp3) is 0.290. The first-order valence-electron chi connectivity index (χ1n) is 12.9. The fourth-order valence-electron chi connectivity index (χ4n) is 5.09. The van der Waals surface area contributed by atoms with Crippen LogP contribution in [0.1, 0.15) is 63.0 Å². The van der Waals surface area contributed by atoms with Gasteiger partial charge >= 0.3 is 0 Å². The lowest BCUT2D eigenvalue weighted by molar-refractivity contribution is 0.444. The average Bonchev–Trinajstić information content (AvgIpc) is 3.39. The highest BCUT2D eigenvalue weighted by atomic mass is 15.1. The van der Waals surface area contributed by atoms with Crippen molar-refractivity contribution >= 4 is 27.5 Å². The minimum atomic E-state index is -0.502. The number of nitrogens with zero attached hydrogens (tertiary/aromatic N) is 4. The molecule has 0 saturated heterocycles. The van der Waals surface area contributed by atoms with Gasteiger partial charge in [-0.15, -0.1) is 0 Å². The minimum absolute atomic E-state index is 0.502. The van der Waals surface area contributed by atoms with Crippen molar-refractivity contribution in [3.63, 3.8) is 0 Å². The Morgan fingerprint density at radius 3 is 2.35 bits per heavy atom. The summed E-state index contributed by atoms with van der Waals surface area (Å²) in [6.07, 6.45) is 11.8. The van der Waals surface area contributed by atoms with Crippen LogP contribution in [0, 0.1) is 11.3 Å². The van der Waals surface area contributed by atoms with Crippen LogP contribution >= 0.6 is 0 Å². The first-order valence-corrected chi connectivity index (χ1v) is 12.9. The molecule has 6 nitrogen and oxygen atoms in total. The van der Waals surface area contributed by atoms with Gasteiger partial charge in [0.1, 0.15) is 5.69 Å². The second kappa shape index (κ2) is 10.4. The Hall–Kier alpha value is -4.24. The molecule has 0 atom stereocenters. The molecule has 186 valence electrons. The quantitative estimate of drug-likeness (QED) is 0.277. The van der Waals surface area contributed by atoms with E-state index in [2.05, 4.69) is 56.6 Å². The highest BCUT2D eigenvalue weighted by Gasteiger charge is 2.21. The summed E-state index contributed by atoms with van der Waals surface area (Å²) in [4.78, 5) is 8.42. The van der Waals surface area contributed by atoms with Gasteiger partial charge in [-0.3, -0.25) is 15.1 Å². The number of aromatic nitrogens is 4. The molecule has 1 aliphatic rings. The summed E-state index contributed by atoms with van der Waals surface area (Å²) in [5.41, 5.74) is 12.0. The largest absolute Gasteiger partial charge is 0.399 e. The van der Waals surface area contributed by atoms with E-state index in [0.717, 1.165) is 38.9 Å². The van der Waals surface area contributed by atoms with E-state index in [-0.39, 0.29) is 0 Å². The van der Waals surface area contributed by atoms with Gasteiger partial charge in [0.05, 0.1) is 28.7 Å². The van der Waals surface area contributed by atoms with Crippen LogP contribution in [0.25, 0.3) is 33.1 Å². The van der Waals surface area contributed by atoms with Gasteiger partial charge in [-0.2, -0.15) is 10.4 Å². The second-order valence-corrected chi connectivity index (χ2v) is 10.3. The van der Waals surface area contributed by atoms with Gasteiger partial charge in [0, 0.05) is 34.4 Å². The van der Waals surface area contributed by atoms with Crippen LogP contribution in [-0.2, 0) is 5.41 Å². The number of fused-ring (bicyclic) bond motifs is 3. The molecular formula is C31H32N6. The number of pyridine rings is 2. The van der Waals surface area contributed by atoms with Crippen LogP contribution in [0.5, 0.6) is 0 Å². The van der Waals surface area contributed by atoms with E-state index in [4.69, 9.17) is 5.73 Å². The van der Waals surface area contributed by atoms with Crippen molar-refractivity contribution in [3.8, 4) is 17.3 Å². The molecule has 0 aliphatic heterocycles. The SMILES string of the molecule is CC(C)(C#N)c1ccc(-c2n[nH]c3cnc4ccc(C5CCCCC5)cc4c23)cc1.Nc1ccncc1. The molecule has 5 aromatic rings. The van der Waals surface area contributed by atoms with Crippen molar-refractivity contribution < 1.29 is 0 Å². The standard InChI is InChI=1S/C26H26N4.C5H6N2/c1-26(2,16-27)20-11-8-18(9-12-20)25-24-21-14-19(17-6-4-3-5-7-17)10-13-22(21)28-15-23(24)29-30-25;6-5-1-3-7-4-2-5/h8-15,17H,3-7H2,1-2H3,(H,29,30);1-4H,(H2,6,7). The highest BCUT2D eigenvalue weighted by Crippen LogP contribution is 2.37. The molecule has 0 radical (unpaired) electrons. The molecule has 1 saturated carbocycles. The lowest BCUT2D eigenvalue weighted by Gasteiger charge is -2.22. The molecule has 3 aromatic heterocycles. The van der Waals surface area contributed by atoms with Gasteiger partial charge in [-0.1, -0.05) is 49.6 Å². The topological polar surface area (TPSA) is 104 Å². The summed E-state index contributed by atoms with van der Waals surface area (Å²) in [6, 6.07) is 20.9. The minimum Gasteiger partial charge on any atom is -0.399 e. The normalized spacial score (nSPS) is 14.2. The van der Waals surface area contributed by atoms with E-state index < -0.39 is 5.41 Å². The average molecular weight is 489 g/mol. The maximum absolute atomic E-state index is 9.42. The Labute approximate surface area is 217 Å². The third-order valence-corrected chi connectivity index (χ3v) is 7.36. The van der Waals surface area contributed by atoms with Crippen molar-refractivity contribution in [1.82, 2.24) is 20.2 Å². The molecule has 0 spiro atoms. The van der Waals surface area contributed by atoms with Crippen LogP contribution < -0.4 is 5.73 Å². The van der Waals surface area contributed by atoms with Crippen LogP contribution in [0.3, 0.4) is 0 Å². The number of anilines is 1. The predicted molar refractivity (Wildman–Crippen MR) is 150 cm³/mol. The summed E-state index contributed by atoms with van der Waals surface area (Å²) in [5, 5.41) is 19.5. The monoisotopic (exact) mass is 488 g/mol. The van der Waals surface area contributed by atoms with E-state index in [9.17, 15) is 5.26 Å². The maximum atomic E-state index is 9.42. The third kappa shape index (κ3) is 5.17. The Bertz CT molecular complexity index is 1540. The van der Waals surface area contributed by atoms with Crippen molar-refractivity contribution in [1.29, 1.82) is 5.26 Å². The number of nitrogens with two attached hydrogens (primary N) is 1. The van der Waals surface area contributed by atoms with Crippen molar-refractivity contribution in [2.45, 2.75) is 57.3 Å². The van der Waals surface area contributed by atoms with Crippen LogP contribution in [0.15, 0.2) is 73.2 Å². The van der Waals surface area contributed by atoms with Crippen LogP contribution in [-0.4, -0.2) is 20.2 Å². The number of aromatic amines is 1. The lowest BCUT2D eigenvalue weighted by Crippen LogP contribution is -2.13. The number of benzene rings is 2.